The molecule has 0 aliphatic heterocycles. The molecule has 2 fully saturated rings. The minimum absolute atomic E-state index is 0.0779. The van der Waals surface area contributed by atoms with Crippen molar-refractivity contribution in [3.63, 3.8) is 0 Å². The van der Waals surface area contributed by atoms with Crippen LogP contribution in [0.15, 0.2) is 35.5 Å². The minimum atomic E-state index is -1.85. The minimum Gasteiger partial charge on any atom is -0.459 e. The van der Waals surface area contributed by atoms with Gasteiger partial charge < -0.3 is 4.74 Å². The van der Waals surface area contributed by atoms with Gasteiger partial charge in [0.05, 0.1) is 5.88 Å². The molecule has 1 unspecified atom stereocenters. The summed E-state index contributed by atoms with van der Waals surface area (Å²) in [7, 11) is 0. The van der Waals surface area contributed by atoms with Crippen LogP contribution in [-0.4, -0.2) is 35.2 Å². The van der Waals surface area contributed by atoms with Crippen LogP contribution in [0, 0.1) is 22.7 Å². The number of hydrogen-bond donors (Lipinski definition) is 0. The van der Waals surface area contributed by atoms with E-state index in [0.29, 0.717) is 24.8 Å². The van der Waals surface area contributed by atoms with Gasteiger partial charge in [0.1, 0.15) is 6.10 Å². The van der Waals surface area contributed by atoms with Gasteiger partial charge >= 0.3 is 5.97 Å². The van der Waals surface area contributed by atoms with Crippen LogP contribution in [0.5, 0.6) is 0 Å². The topological polar surface area (TPSA) is 60.4 Å². The largest absolute Gasteiger partial charge is 0.459 e. The molecule has 2 saturated carbocycles. The van der Waals surface area contributed by atoms with Crippen molar-refractivity contribution in [2.75, 3.05) is 5.88 Å². The molecule has 0 spiro atoms. The maximum Gasteiger partial charge on any atom is 0.303 e. The van der Waals surface area contributed by atoms with E-state index in [9.17, 15) is 14.4 Å². The maximum absolute atomic E-state index is 17.3. The van der Waals surface area contributed by atoms with Gasteiger partial charge in [-0.25, -0.2) is 4.39 Å². The van der Waals surface area contributed by atoms with E-state index in [1.54, 1.807) is 13.0 Å². The SMILES string of the molecule is CC(=O)OC1C[C@]2(C)C(C(=O)CCl)=CC[C@H]2[C@@H]2CCC3=CC(=O)C=C[C@]3(C)[C@@]12F. The summed E-state index contributed by atoms with van der Waals surface area (Å²) in [5.74, 6) is -1.42. The third-order valence-corrected chi connectivity index (χ3v) is 8.17. The maximum atomic E-state index is 17.3. The highest BCUT2D eigenvalue weighted by Gasteiger charge is 2.71. The van der Waals surface area contributed by atoms with Crippen LogP contribution >= 0.6 is 11.6 Å². The summed E-state index contributed by atoms with van der Waals surface area (Å²) in [6.45, 7) is 5.06. The van der Waals surface area contributed by atoms with Gasteiger partial charge in [-0.3, -0.25) is 14.4 Å². The van der Waals surface area contributed by atoms with Crippen molar-refractivity contribution < 1.29 is 23.5 Å². The number of Topliss-reactive ketones (excluding diaryl/α,β-unsaturated/α-hetero) is 1. The van der Waals surface area contributed by atoms with Crippen molar-refractivity contribution in [2.24, 2.45) is 22.7 Å². The molecule has 4 rings (SSSR count). The third-order valence-electron chi connectivity index (χ3n) is 7.93. The van der Waals surface area contributed by atoms with Crippen LogP contribution < -0.4 is 0 Å². The van der Waals surface area contributed by atoms with Crippen molar-refractivity contribution in [2.45, 2.75) is 58.2 Å². The van der Waals surface area contributed by atoms with E-state index < -0.39 is 34.5 Å². The van der Waals surface area contributed by atoms with Crippen LogP contribution in [0.4, 0.5) is 4.39 Å². The van der Waals surface area contributed by atoms with E-state index in [4.69, 9.17) is 16.3 Å². The number of carbonyl (C=O) groups excluding carboxylic acids is 3. The van der Waals surface area contributed by atoms with Gasteiger partial charge in [0, 0.05) is 23.7 Å². The average molecular weight is 421 g/mol. The van der Waals surface area contributed by atoms with E-state index in [1.807, 2.05) is 13.0 Å². The lowest BCUT2D eigenvalue weighted by Crippen LogP contribution is -2.67. The van der Waals surface area contributed by atoms with E-state index in [0.717, 1.165) is 5.57 Å². The lowest BCUT2D eigenvalue weighted by atomic mass is 9.45. The second-order valence-electron chi connectivity index (χ2n) is 9.26. The Morgan fingerprint density at radius 3 is 2.69 bits per heavy atom. The smallest absolute Gasteiger partial charge is 0.303 e. The molecule has 0 radical (unpaired) electrons. The first-order chi connectivity index (χ1) is 13.6. The molecule has 0 aromatic heterocycles. The van der Waals surface area contributed by atoms with Crippen LogP contribution in [0.25, 0.3) is 0 Å². The predicted octanol–water partition coefficient (Wildman–Crippen LogP) is 4.27. The molecule has 0 bridgehead atoms. The summed E-state index contributed by atoms with van der Waals surface area (Å²) < 4.78 is 22.9. The average Bonchev–Trinajstić information content (AvgIpc) is 2.99. The van der Waals surface area contributed by atoms with E-state index in [1.165, 1.54) is 19.1 Å². The summed E-state index contributed by atoms with van der Waals surface area (Å²) in [6.07, 6.45) is 7.49. The second kappa shape index (κ2) is 6.63. The molecule has 156 valence electrons. The van der Waals surface area contributed by atoms with Crippen molar-refractivity contribution in [3.8, 4) is 0 Å². The molecule has 0 amide bonds. The Morgan fingerprint density at radius 1 is 1.31 bits per heavy atom. The first-order valence-electron chi connectivity index (χ1n) is 10.2. The quantitative estimate of drug-likeness (QED) is 0.505. The monoisotopic (exact) mass is 420 g/mol. The number of ether oxygens (including phenoxy) is 1. The molecule has 6 heteroatoms. The zero-order chi connectivity index (χ0) is 21.2. The highest BCUT2D eigenvalue weighted by atomic mass is 35.5. The number of ketones is 2. The number of esters is 1. The Bertz CT molecular complexity index is 889. The lowest BCUT2D eigenvalue weighted by Gasteiger charge is -2.62. The van der Waals surface area contributed by atoms with Crippen molar-refractivity contribution >= 4 is 29.1 Å². The first-order valence-corrected chi connectivity index (χ1v) is 10.7. The van der Waals surface area contributed by atoms with E-state index in [-0.39, 0.29) is 29.8 Å². The molecule has 0 saturated heterocycles. The summed E-state index contributed by atoms with van der Waals surface area (Å²) >= 11 is 5.84. The Hall–Kier alpha value is -1.75. The number of alkyl halides is 2. The fraction of sp³-hybridized carbons (Fsp3) is 0.609. The standard InChI is InChI=1S/C23H26ClFO4/c1-13(26)29-20-11-21(2)16(6-7-18(21)19(28)12-24)17-5-4-14-10-15(27)8-9-22(14,3)23(17,20)25/h7-10,16-17,20H,4-6,11-12H2,1-3H3/t16-,17-,20?,21-,22-,23-/m0/s1. The molecule has 4 nitrogen and oxygen atoms in total. The highest BCUT2D eigenvalue weighted by Crippen LogP contribution is 2.68. The summed E-state index contributed by atoms with van der Waals surface area (Å²) in [5, 5.41) is 0. The van der Waals surface area contributed by atoms with Crippen LogP contribution in [0.3, 0.4) is 0 Å². The molecule has 4 aliphatic carbocycles. The lowest BCUT2D eigenvalue weighted by molar-refractivity contribution is -0.206. The van der Waals surface area contributed by atoms with Gasteiger partial charge in [0.2, 0.25) is 0 Å². The number of carbonyl (C=O) groups is 3. The molecule has 4 aliphatic rings. The van der Waals surface area contributed by atoms with Crippen molar-refractivity contribution in [3.05, 3.63) is 35.5 Å². The second-order valence-corrected chi connectivity index (χ2v) is 9.52. The fourth-order valence-corrected chi connectivity index (χ4v) is 6.72. The Balaban J connectivity index is 1.84. The number of halogens is 2. The molecule has 0 aromatic carbocycles. The zero-order valence-electron chi connectivity index (χ0n) is 17.0. The Kier molecular flexibility index (Phi) is 4.69. The van der Waals surface area contributed by atoms with Crippen LogP contribution in [0.2, 0.25) is 0 Å². The summed E-state index contributed by atoms with van der Waals surface area (Å²) in [4.78, 5) is 36.4. The summed E-state index contributed by atoms with van der Waals surface area (Å²) in [5.41, 5.74) is -2.06. The Labute approximate surface area is 175 Å². The normalized spacial score (nSPS) is 42.9. The highest BCUT2D eigenvalue weighted by molar-refractivity contribution is 6.30. The van der Waals surface area contributed by atoms with Gasteiger partial charge in [-0.05, 0) is 56.3 Å². The van der Waals surface area contributed by atoms with Crippen LogP contribution in [-0.2, 0) is 19.1 Å². The van der Waals surface area contributed by atoms with E-state index >= 15 is 4.39 Å². The molecule has 6 atom stereocenters. The fourth-order valence-electron chi connectivity index (χ4n) is 6.58. The van der Waals surface area contributed by atoms with Crippen molar-refractivity contribution in [1.29, 1.82) is 0 Å². The van der Waals surface area contributed by atoms with Gasteiger partial charge in [0.25, 0.3) is 0 Å². The number of hydrogen-bond acceptors (Lipinski definition) is 4. The zero-order valence-corrected chi connectivity index (χ0v) is 17.7. The number of allylic oxidation sites excluding steroid dienone is 6. The predicted molar refractivity (Wildman–Crippen MR) is 107 cm³/mol. The summed E-state index contributed by atoms with van der Waals surface area (Å²) in [6, 6.07) is 0. The van der Waals surface area contributed by atoms with Crippen LogP contribution in [0.1, 0.15) is 46.5 Å². The van der Waals surface area contributed by atoms with Gasteiger partial charge in [-0.2, -0.15) is 0 Å². The first kappa shape index (κ1) is 20.5. The molecule has 29 heavy (non-hydrogen) atoms. The van der Waals surface area contributed by atoms with Crippen molar-refractivity contribution in [1.82, 2.24) is 0 Å². The number of rotatable bonds is 3. The molecular formula is C23H26ClFO4. The molecule has 0 N–H and O–H groups in total. The number of fused-ring (bicyclic) bond motifs is 5. The molecule has 0 heterocycles. The third kappa shape index (κ3) is 2.66. The Morgan fingerprint density at radius 2 is 2.03 bits per heavy atom. The van der Waals surface area contributed by atoms with E-state index in [2.05, 4.69) is 0 Å². The van der Waals surface area contributed by atoms with Gasteiger partial charge in [0.15, 0.2) is 17.2 Å². The van der Waals surface area contributed by atoms with Gasteiger partial charge in [-0.15, -0.1) is 11.6 Å². The molecular weight excluding hydrogens is 395 g/mol. The van der Waals surface area contributed by atoms with Gasteiger partial charge in [-0.1, -0.05) is 24.6 Å². The molecule has 0 aromatic rings.